The molecule has 1 aromatic heterocycles. The lowest BCUT2D eigenvalue weighted by Crippen LogP contribution is -3.16. The molecule has 3 N–H and O–H groups in total. The van der Waals surface area contributed by atoms with Crippen LogP contribution in [0.15, 0.2) is 35.5 Å². The Morgan fingerprint density at radius 2 is 1.90 bits per heavy atom. The number of amides is 2. The Balaban J connectivity index is 1.41. The molecule has 9 heteroatoms. The van der Waals surface area contributed by atoms with E-state index in [1.54, 1.807) is 0 Å². The molecule has 1 aliphatic rings. The Hall–Kier alpha value is -2.39. The summed E-state index contributed by atoms with van der Waals surface area (Å²) in [5.41, 5.74) is 0.749. The first-order chi connectivity index (χ1) is 13.8. The van der Waals surface area contributed by atoms with Crippen molar-refractivity contribution in [2.75, 3.05) is 38.5 Å². The molecule has 0 saturated carbocycles. The van der Waals surface area contributed by atoms with Gasteiger partial charge in [-0.3, -0.25) is 14.7 Å². The second-order valence-electron chi connectivity index (χ2n) is 8.23. The molecular weight excluding hydrogens is 388 g/mol. The number of thioether (sulfide) groups is 1. The fourth-order valence-corrected chi connectivity index (χ4v) is 3.89. The zero-order valence-corrected chi connectivity index (χ0v) is 18.0. The second-order valence-corrected chi connectivity index (χ2v) is 9.17. The first-order valence-electron chi connectivity index (χ1n) is 9.83. The minimum absolute atomic E-state index is 0.0571. The summed E-state index contributed by atoms with van der Waals surface area (Å²) in [6, 6.07) is 9.77. The van der Waals surface area contributed by atoms with E-state index in [1.807, 2.05) is 56.0 Å². The number of aromatic nitrogens is 3. The summed E-state index contributed by atoms with van der Waals surface area (Å²) in [5.74, 6) is 1.15. The minimum atomic E-state index is -0.216. The minimum Gasteiger partial charge on any atom is -0.347 e. The van der Waals surface area contributed by atoms with Gasteiger partial charge in [0.2, 0.25) is 11.1 Å². The first kappa shape index (κ1) is 21.3. The van der Waals surface area contributed by atoms with Gasteiger partial charge in [-0.2, -0.15) is 0 Å². The number of hydrogen-bond acceptors (Lipinski definition) is 5. The Kier molecular flexibility index (Phi) is 6.92. The number of carbonyl (C=O) groups is 2. The van der Waals surface area contributed by atoms with Gasteiger partial charge in [0, 0.05) is 11.1 Å². The number of rotatable bonds is 6. The average molecular weight is 418 g/mol. The molecule has 2 amide bonds. The Morgan fingerprint density at radius 1 is 1.21 bits per heavy atom. The number of quaternary nitrogens is 1. The van der Waals surface area contributed by atoms with Crippen molar-refractivity contribution in [3.8, 4) is 11.4 Å². The van der Waals surface area contributed by atoms with Gasteiger partial charge in [0.05, 0.1) is 31.9 Å². The van der Waals surface area contributed by atoms with Gasteiger partial charge >= 0.3 is 0 Å². The van der Waals surface area contributed by atoms with Gasteiger partial charge in [0.1, 0.15) is 0 Å². The molecule has 0 radical (unpaired) electrons. The number of aromatic amines is 1. The molecule has 29 heavy (non-hydrogen) atoms. The number of hydrogen-bond donors (Lipinski definition) is 3. The van der Waals surface area contributed by atoms with Crippen molar-refractivity contribution in [3.05, 3.63) is 30.3 Å². The Labute approximate surface area is 175 Å². The van der Waals surface area contributed by atoms with Crippen LogP contribution in [0.5, 0.6) is 0 Å². The molecule has 2 heterocycles. The number of carbonyl (C=O) groups excluding carboxylic acids is 2. The van der Waals surface area contributed by atoms with Crippen molar-refractivity contribution in [2.45, 2.75) is 31.5 Å². The highest BCUT2D eigenvalue weighted by Crippen LogP contribution is 2.19. The summed E-state index contributed by atoms with van der Waals surface area (Å²) in [6.07, 6.45) is 0. The van der Waals surface area contributed by atoms with Gasteiger partial charge in [0.15, 0.2) is 12.4 Å². The smallest absolute Gasteiger partial charge is 0.275 e. The number of nitrogens with zero attached hydrogens (tertiary/aromatic N) is 3. The number of piperazine rings is 1. The zero-order valence-electron chi connectivity index (χ0n) is 17.2. The quantitative estimate of drug-likeness (QED) is 0.584. The molecule has 0 aliphatic carbocycles. The summed E-state index contributed by atoms with van der Waals surface area (Å²) in [6.45, 7) is 9.29. The van der Waals surface area contributed by atoms with Crippen molar-refractivity contribution in [1.29, 1.82) is 0 Å². The van der Waals surface area contributed by atoms with Crippen LogP contribution < -0.4 is 10.2 Å². The van der Waals surface area contributed by atoms with Crippen LogP contribution in [0.3, 0.4) is 0 Å². The van der Waals surface area contributed by atoms with E-state index in [2.05, 4.69) is 20.5 Å². The molecule has 2 aromatic rings. The van der Waals surface area contributed by atoms with Crippen molar-refractivity contribution >= 4 is 23.6 Å². The van der Waals surface area contributed by atoms with Crippen LogP contribution >= 0.6 is 11.8 Å². The normalized spacial score (nSPS) is 15.3. The lowest BCUT2D eigenvalue weighted by atomic mass is 10.1. The monoisotopic (exact) mass is 417 g/mol. The van der Waals surface area contributed by atoms with E-state index in [-0.39, 0.29) is 17.4 Å². The molecule has 0 bridgehead atoms. The molecule has 156 valence electrons. The molecule has 0 unspecified atom stereocenters. The Morgan fingerprint density at radius 3 is 2.55 bits per heavy atom. The van der Waals surface area contributed by atoms with Crippen LogP contribution in [0.25, 0.3) is 11.4 Å². The average Bonchev–Trinajstić information content (AvgIpc) is 3.15. The largest absolute Gasteiger partial charge is 0.347 e. The van der Waals surface area contributed by atoms with Gasteiger partial charge in [-0.1, -0.05) is 42.1 Å². The maximum atomic E-state index is 12.5. The third-order valence-corrected chi connectivity index (χ3v) is 5.42. The highest BCUT2D eigenvalue weighted by atomic mass is 32.2. The van der Waals surface area contributed by atoms with Gasteiger partial charge in [0.25, 0.3) is 5.91 Å². The molecule has 1 fully saturated rings. The van der Waals surface area contributed by atoms with Crippen LogP contribution in [0, 0.1) is 0 Å². The molecule has 1 saturated heterocycles. The summed E-state index contributed by atoms with van der Waals surface area (Å²) in [5, 5.41) is 10.7. The third-order valence-electron chi connectivity index (χ3n) is 4.59. The van der Waals surface area contributed by atoms with E-state index < -0.39 is 0 Å². The van der Waals surface area contributed by atoms with Crippen molar-refractivity contribution in [2.24, 2.45) is 0 Å². The van der Waals surface area contributed by atoms with Gasteiger partial charge in [-0.15, -0.1) is 5.10 Å². The molecular formula is C20H29N6O2S+. The van der Waals surface area contributed by atoms with E-state index in [9.17, 15) is 9.59 Å². The number of benzene rings is 1. The van der Waals surface area contributed by atoms with E-state index in [1.165, 1.54) is 16.7 Å². The van der Waals surface area contributed by atoms with Crippen LogP contribution in [-0.4, -0.2) is 75.9 Å². The summed E-state index contributed by atoms with van der Waals surface area (Å²) < 4.78 is 0. The SMILES string of the molecule is CC(C)(C)NC(=O)C[NH+]1CCN(C(=O)CSc2n[nH]c(-c3ccccc3)n2)CC1. The summed E-state index contributed by atoms with van der Waals surface area (Å²) in [4.78, 5) is 32.1. The molecule has 8 nitrogen and oxygen atoms in total. The number of H-pyrrole nitrogens is 1. The molecule has 1 aliphatic heterocycles. The first-order valence-corrected chi connectivity index (χ1v) is 10.8. The van der Waals surface area contributed by atoms with E-state index in [4.69, 9.17) is 0 Å². The van der Waals surface area contributed by atoms with Gasteiger partial charge in [-0.25, -0.2) is 4.98 Å². The van der Waals surface area contributed by atoms with E-state index >= 15 is 0 Å². The molecule has 1 aromatic carbocycles. The van der Waals surface area contributed by atoms with Gasteiger partial charge < -0.3 is 15.1 Å². The van der Waals surface area contributed by atoms with Crippen molar-refractivity contribution < 1.29 is 14.5 Å². The fourth-order valence-electron chi connectivity index (χ4n) is 3.19. The van der Waals surface area contributed by atoms with Crippen molar-refractivity contribution in [3.63, 3.8) is 0 Å². The van der Waals surface area contributed by atoms with E-state index in [0.717, 1.165) is 18.7 Å². The van der Waals surface area contributed by atoms with Crippen molar-refractivity contribution in [1.82, 2.24) is 25.4 Å². The van der Waals surface area contributed by atoms with Crippen LogP contribution in [-0.2, 0) is 9.59 Å². The number of nitrogens with one attached hydrogen (secondary N) is 3. The maximum Gasteiger partial charge on any atom is 0.275 e. The molecule has 0 atom stereocenters. The summed E-state index contributed by atoms with van der Waals surface area (Å²) in [7, 11) is 0. The maximum absolute atomic E-state index is 12.5. The van der Waals surface area contributed by atoms with Crippen LogP contribution in [0.2, 0.25) is 0 Å². The zero-order chi connectivity index (χ0) is 20.9. The highest BCUT2D eigenvalue weighted by Gasteiger charge is 2.26. The standard InChI is InChI=1S/C20H28N6O2S/c1-20(2,3)22-16(27)13-25-9-11-26(12-10-25)17(28)14-29-19-21-18(23-24-19)15-7-5-4-6-8-15/h4-8H,9-14H2,1-3H3,(H,22,27)(H,21,23,24)/p+1. The second kappa shape index (κ2) is 9.41. The predicted octanol–water partition coefficient (Wildman–Crippen LogP) is 0.206. The molecule has 0 spiro atoms. The van der Waals surface area contributed by atoms with Crippen LogP contribution in [0.4, 0.5) is 0 Å². The lowest BCUT2D eigenvalue weighted by molar-refractivity contribution is -0.896. The lowest BCUT2D eigenvalue weighted by Gasteiger charge is -2.32. The summed E-state index contributed by atoms with van der Waals surface area (Å²) >= 11 is 1.34. The highest BCUT2D eigenvalue weighted by molar-refractivity contribution is 7.99. The Bertz CT molecular complexity index is 825. The topological polar surface area (TPSA) is 95.4 Å². The van der Waals surface area contributed by atoms with E-state index in [0.29, 0.717) is 36.4 Å². The molecule has 3 rings (SSSR count). The fraction of sp³-hybridized carbons (Fsp3) is 0.500. The van der Waals surface area contributed by atoms with Gasteiger partial charge in [-0.05, 0) is 20.8 Å². The third kappa shape index (κ3) is 6.57. The predicted molar refractivity (Wildman–Crippen MR) is 113 cm³/mol. The van der Waals surface area contributed by atoms with Crippen LogP contribution in [0.1, 0.15) is 20.8 Å².